The number of alkyl halides is 1. The summed E-state index contributed by atoms with van der Waals surface area (Å²) in [6.07, 6.45) is 6.93. The molecule has 1 aromatic carbocycles. The Balaban J connectivity index is 1.56. The molecule has 3 heterocycles. The fourth-order valence-electron chi connectivity index (χ4n) is 5.60. The molecule has 2 amide bonds. The molecule has 1 aliphatic heterocycles. The Labute approximate surface area is 221 Å². The van der Waals surface area contributed by atoms with E-state index in [2.05, 4.69) is 23.2 Å². The highest BCUT2D eigenvalue weighted by atomic mass is 35.5. The van der Waals surface area contributed by atoms with Crippen LogP contribution in [0.15, 0.2) is 41.8 Å². The molecule has 2 fully saturated rings. The number of nitrogens with zero attached hydrogens (tertiary/aromatic N) is 3. The standard InChI is InChI=1S/C28H33ClN4O2S/c1-19(20-8-3-2-4-9-20)30-28(35)26-21-10-5-6-11-23(21)31-27(24-12-7-15-36-24)22(26)16-32-13-14-33(18-34)25(29)17-32/h5-7,10-12,15,18-20,25H,2-4,8-9,13-14,16-17H2,1H3,(H,30,35)/t19-,25+/m0/s1. The number of benzene rings is 1. The van der Waals surface area contributed by atoms with Gasteiger partial charge in [-0.3, -0.25) is 14.5 Å². The van der Waals surface area contributed by atoms with E-state index in [-0.39, 0.29) is 11.9 Å². The van der Waals surface area contributed by atoms with Crippen LogP contribution in [0.25, 0.3) is 21.5 Å². The third-order valence-electron chi connectivity index (χ3n) is 7.65. The van der Waals surface area contributed by atoms with E-state index in [1.165, 1.54) is 32.1 Å². The maximum atomic E-state index is 14.0. The van der Waals surface area contributed by atoms with Gasteiger partial charge in [-0.25, -0.2) is 4.98 Å². The monoisotopic (exact) mass is 524 g/mol. The molecule has 0 radical (unpaired) electrons. The minimum atomic E-state index is -0.390. The molecule has 1 aliphatic carbocycles. The van der Waals surface area contributed by atoms with Crippen molar-refractivity contribution in [2.45, 2.75) is 57.1 Å². The van der Waals surface area contributed by atoms with Crippen LogP contribution in [0.2, 0.25) is 0 Å². The quantitative estimate of drug-likeness (QED) is 0.252. The predicted molar refractivity (Wildman–Crippen MR) is 146 cm³/mol. The van der Waals surface area contributed by atoms with Gasteiger partial charge >= 0.3 is 0 Å². The molecule has 5 rings (SSSR count). The molecule has 0 spiro atoms. The maximum Gasteiger partial charge on any atom is 0.252 e. The van der Waals surface area contributed by atoms with Crippen LogP contribution in [0.5, 0.6) is 0 Å². The van der Waals surface area contributed by atoms with E-state index >= 15 is 0 Å². The zero-order valence-electron chi connectivity index (χ0n) is 20.7. The number of hydrogen-bond donors (Lipinski definition) is 1. The van der Waals surface area contributed by atoms with Gasteiger partial charge in [-0.2, -0.15) is 0 Å². The van der Waals surface area contributed by atoms with E-state index in [4.69, 9.17) is 16.6 Å². The summed E-state index contributed by atoms with van der Waals surface area (Å²) in [4.78, 5) is 35.3. The van der Waals surface area contributed by atoms with E-state index in [0.29, 0.717) is 37.7 Å². The second-order valence-corrected chi connectivity index (χ2v) is 11.4. The van der Waals surface area contributed by atoms with Crippen molar-refractivity contribution in [1.82, 2.24) is 20.1 Å². The average Bonchev–Trinajstić information content (AvgIpc) is 3.43. The number of thiophene rings is 1. The SMILES string of the molecule is C[C@H](NC(=O)c1c(CN2CCN(C=O)[C@@H](Cl)C2)c(-c2cccs2)nc2ccccc12)C1CCCCC1. The first-order valence-corrected chi connectivity index (χ1v) is 14.2. The number of nitrogens with one attached hydrogen (secondary N) is 1. The Morgan fingerprint density at radius 2 is 2.00 bits per heavy atom. The number of carbonyl (C=O) groups is 2. The Bertz CT molecular complexity index is 1210. The van der Waals surface area contributed by atoms with Gasteiger partial charge < -0.3 is 10.2 Å². The van der Waals surface area contributed by atoms with E-state index < -0.39 is 5.50 Å². The van der Waals surface area contributed by atoms with Crippen molar-refractivity contribution in [2.75, 3.05) is 19.6 Å². The van der Waals surface area contributed by atoms with Crippen molar-refractivity contribution in [1.29, 1.82) is 0 Å². The van der Waals surface area contributed by atoms with Gasteiger partial charge in [0.05, 0.1) is 21.7 Å². The number of halogens is 1. The largest absolute Gasteiger partial charge is 0.349 e. The topological polar surface area (TPSA) is 65.5 Å². The number of amides is 2. The van der Waals surface area contributed by atoms with E-state index in [9.17, 15) is 9.59 Å². The van der Waals surface area contributed by atoms with Gasteiger partial charge in [0.1, 0.15) is 5.50 Å². The van der Waals surface area contributed by atoms with Gasteiger partial charge in [0.2, 0.25) is 6.41 Å². The molecule has 3 aromatic rings. The normalized spacial score (nSPS) is 20.4. The van der Waals surface area contributed by atoms with Crippen LogP contribution < -0.4 is 5.32 Å². The van der Waals surface area contributed by atoms with Gasteiger partial charge in [-0.05, 0) is 43.2 Å². The van der Waals surface area contributed by atoms with Crippen LogP contribution in [-0.4, -0.2) is 58.3 Å². The number of piperazine rings is 1. The first kappa shape index (κ1) is 25.2. The average molecular weight is 525 g/mol. The number of para-hydroxylation sites is 1. The van der Waals surface area contributed by atoms with Crippen molar-refractivity contribution < 1.29 is 9.59 Å². The van der Waals surface area contributed by atoms with Crippen LogP contribution in [0, 0.1) is 5.92 Å². The third-order valence-corrected chi connectivity index (χ3v) is 8.92. The lowest BCUT2D eigenvalue weighted by molar-refractivity contribution is -0.120. The summed E-state index contributed by atoms with van der Waals surface area (Å²) in [6.45, 7) is 4.48. The molecule has 1 saturated carbocycles. The van der Waals surface area contributed by atoms with Crippen molar-refractivity contribution in [3.63, 3.8) is 0 Å². The Morgan fingerprint density at radius 1 is 1.19 bits per heavy atom. The summed E-state index contributed by atoms with van der Waals surface area (Å²) in [5.74, 6) is 0.484. The summed E-state index contributed by atoms with van der Waals surface area (Å²) in [7, 11) is 0. The third kappa shape index (κ3) is 5.29. The van der Waals surface area contributed by atoms with Crippen LogP contribution in [0.4, 0.5) is 0 Å². The second-order valence-electron chi connectivity index (χ2n) is 9.98. The van der Waals surface area contributed by atoms with Gasteiger partial charge in [-0.15, -0.1) is 11.3 Å². The number of aromatic nitrogens is 1. The molecule has 1 N–H and O–H groups in total. The summed E-state index contributed by atoms with van der Waals surface area (Å²) in [6, 6.07) is 12.1. The van der Waals surface area contributed by atoms with Crippen molar-refractivity contribution >= 4 is 46.2 Å². The van der Waals surface area contributed by atoms with E-state index in [1.54, 1.807) is 16.2 Å². The fraction of sp³-hybridized carbons (Fsp3) is 0.464. The van der Waals surface area contributed by atoms with Gasteiger partial charge in [0, 0.05) is 43.2 Å². The Morgan fingerprint density at radius 3 is 2.72 bits per heavy atom. The lowest BCUT2D eigenvalue weighted by atomic mass is 9.84. The van der Waals surface area contributed by atoms with Crippen molar-refractivity contribution in [3.8, 4) is 10.6 Å². The fourth-order valence-corrected chi connectivity index (χ4v) is 6.69. The van der Waals surface area contributed by atoms with Crippen LogP contribution in [0.3, 0.4) is 0 Å². The number of carbonyl (C=O) groups excluding carboxylic acids is 2. The minimum Gasteiger partial charge on any atom is -0.349 e. The smallest absolute Gasteiger partial charge is 0.252 e. The molecule has 6 nitrogen and oxygen atoms in total. The molecule has 0 unspecified atom stereocenters. The summed E-state index contributed by atoms with van der Waals surface area (Å²) < 4.78 is 0. The molecule has 1 saturated heterocycles. The summed E-state index contributed by atoms with van der Waals surface area (Å²) in [5, 5.41) is 6.28. The molecule has 190 valence electrons. The Hall–Kier alpha value is -2.48. The molecule has 2 aliphatic rings. The second kappa shape index (κ2) is 11.3. The highest BCUT2D eigenvalue weighted by molar-refractivity contribution is 7.13. The number of fused-ring (bicyclic) bond motifs is 1. The van der Waals surface area contributed by atoms with Gasteiger partial charge in [0.25, 0.3) is 5.91 Å². The molecule has 2 atom stereocenters. The van der Waals surface area contributed by atoms with Crippen LogP contribution in [0.1, 0.15) is 54.9 Å². The van der Waals surface area contributed by atoms with Gasteiger partial charge in [-0.1, -0.05) is 55.1 Å². The summed E-state index contributed by atoms with van der Waals surface area (Å²) >= 11 is 8.12. The highest BCUT2D eigenvalue weighted by Gasteiger charge is 2.29. The first-order chi connectivity index (χ1) is 17.5. The maximum absolute atomic E-state index is 14.0. The molecular formula is C28H33ClN4O2S. The van der Waals surface area contributed by atoms with Crippen molar-refractivity contribution in [3.05, 3.63) is 52.9 Å². The highest BCUT2D eigenvalue weighted by Crippen LogP contribution is 2.35. The number of hydrogen-bond acceptors (Lipinski definition) is 5. The minimum absolute atomic E-state index is 0.0339. The first-order valence-electron chi connectivity index (χ1n) is 12.9. The molecule has 8 heteroatoms. The predicted octanol–water partition coefficient (Wildman–Crippen LogP) is 5.50. The molecule has 0 bridgehead atoms. The Kier molecular flexibility index (Phi) is 7.89. The molecule has 36 heavy (non-hydrogen) atoms. The van der Waals surface area contributed by atoms with E-state index in [1.807, 2.05) is 35.7 Å². The van der Waals surface area contributed by atoms with Crippen LogP contribution in [-0.2, 0) is 11.3 Å². The molecule has 2 aromatic heterocycles. The van der Waals surface area contributed by atoms with Crippen LogP contribution >= 0.6 is 22.9 Å². The van der Waals surface area contributed by atoms with Gasteiger partial charge in [0.15, 0.2) is 0 Å². The lowest BCUT2D eigenvalue weighted by Crippen LogP contribution is -2.49. The summed E-state index contributed by atoms with van der Waals surface area (Å²) in [5.41, 5.74) is 2.91. The number of pyridine rings is 1. The van der Waals surface area contributed by atoms with Crippen molar-refractivity contribution in [2.24, 2.45) is 5.92 Å². The molecular weight excluding hydrogens is 492 g/mol. The van der Waals surface area contributed by atoms with E-state index in [0.717, 1.165) is 33.4 Å². The lowest BCUT2D eigenvalue weighted by Gasteiger charge is -2.37. The number of rotatable bonds is 7. The zero-order valence-corrected chi connectivity index (χ0v) is 22.2. The zero-order chi connectivity index (χ0) is 25.1.